The Labute approximate surface area is 124 Å². The Morgan fingerprint density at radius 2 is 2.20 bits per heavy atom. The standard InChI is InChI=1S/C15H21ClN2O2/c16-14-7-2-1-5-12(14)10-20-11-15(19)18-8-4-3-6-13(18)9-17/h1-2,5,7,13H,3-4,6,8-11,17H2/t13-/m0/s1. The first-order chi connectivity index (χ1) is 9.72. The zero-order chi connectivity index (χ0) is 14.4. The molecule has 1 aliphatic heterocycles. The molecular formula is C15H21ClN2O2. The molecule has 1 amide bonds. The second-order valence-electron chi connectivity index (χ2n) is 5.06. The molecule has 1 heterocycles. The number of hydrogen-bond donors (Lipinski definition) is 1. The minimum Gasteiger partial charge on any atom is -0.367 e. The molecule has 0 spiro atoms. The number of benzene rings is 1. The molecule has 0 unspecified atom stereocenters. The van der Waals surface area contributed by atoms with Crippen LogP contribution in [-0.4, -0.2) is 36.5 Å². The number of hydrogen-bond acceptors (Lipinski definition) is 3. The molecule has 0 aromatic heterocycles. The van der Waals surface area contributed by atoms with Gasteiger partial charge in [0.1, 0.15) is 6.61 Å². The fourth-order valence-electron chi connectivity index (χ4n) is 2.52. The van der Waals surface area contributed by atoms with E-state index >= 15 is 0 Å². The Balaban J connectivity index is 1.81. The predicted octanol–water partition coefficient (Wildman–Crippen LogP) is 2.20. The molecule has 5 heteroatoms. The molecule has 110 valence electrons. The number of likely N-dealkylation sites (tertiary alicyclic amines) is 1. The topological polar surface area (TPSA) is 55.6 Å². The Bertz CT molecular complexity index is 453. The molecule has 1 saturated heterocycles. The quantitative estimate of drug-likeness (QED) is 0.906. The van der Waals surface area contributed by atoms with Gasteiger partial charge in [-0.15, -0.1) is 0 Å². The van der Waals surface area contributed by atoms with Crippen LogP contribution in [0.2, 0.25) is 5.02 Å². The number of nitrogens with zero attached hydrogens (tertiary/aromatic N) is 1. The molecule has 1 aromatic rings. The van der Waals surface area contributed by atoms with Gasteiger partial charge in [-0.2, -0.15) is 0 Å². The number of ether oxygens (including phenoxy) is 1. The van der Waals surface area contributed by atoms with Gasteiger partial charge in [0.2, 0.25) is 5.91 Å². The van der Waals surface area contributed by atoms with Gasteiger partial charge in [-0.3, -0.25) is 4.79 Å². The summed E-state index contributed by atoms with van der Waals surface area (Å²) in [7, 11) is 0. The van der Waals surface area contributed by atoms with Crippen LogP contribution in [0.1, 0.15) is 24.8 Å². The number of nitrogens with two attached hydrogens (primary N) is 1. The van der Waals surface area contributed by atoms with Crippen LogP contribution < -0.4 is 5.73 Å². The third-order valence-corrected chi connectivity index (χ3v) is 4.03. The molecule has 2 rings (SSSR count). The molecule has 1 atom stereocenters. The van der Waals surface area contributed by atoms with Gasteiger partial charge in [0.05, 0.1) is 6.61 Å². The molecule has 4 nitrogen and oxygen atoms in total. The SMILES string of the molecule is NC[C@@H]1CCCCN1C(=O)COCc1ccccc1Cl. The molecule has 20 heavy (non-hydrogen) atoms. The van der Waals surface area contributed by atoms with E-state index in [1.54, 1.807) is 0 Å². The maximum Gasteiger partial charge on any atom is 0.248 e. The largest absolute Gasteiger partial charge is 0.367 e. The van der Waals surface area contributed by atoms with Crippen LogP contribution in [0, 0.1) is 0 Å². The van der Waals surface area contributed by atoms with Crippen molar-refractivity contribution in [2.75, 3.05) is 19.7 Å². The first kappa shape index (κ1) is 15.3. The lowest BCUT2D eigenvalue weighted by atomic mass is 10.0. The van der Waals surface area contributed by atoms with Gasteiger partial charge in [-0.05, 0) is 30.9 Å². The van der Waals surface area contributed by atoms with E-state index in [2.05, 4.69) is 0 Å². The molecule has 1 aliphatic rings. The fraction of sp³-hybridized carbons (Fsp3) is 0.533. The van der Waals surface area contributed by atoms with Gasteiger partial charge < -0.3 is 15.4 Å². The maximum atomic E-state index is 12.2. The summed E-state index contributed by atoms with van der Waals surface area (Å²) < 4.78 is 5.49. The second kappa shape index (κ2) is 7.62. The van der Waals surface area contributed by atoms with Crippen molar-refractivity contribution in [3.63, 3.8) is 0 Å². The van der Waals surface area contributed by atoms with E-state index < -0.39 is 0 Å². The van der Waals surface area contributed by atoms with Gasteiger partial charge in [0, 0.05) is 24.2 Å². The Morgan fingerprint density at radius 1 is 1.40 bits per heavy atom. The van der Waals surface area contributed by atoms with Gasteiger partial charge >= 0.3 is 0 Å². The highest BCUT2D eigenvalue weighted by atomic mass is 35.5. The van der Waals surface area contributed by atoms with Crippen LogP contribution in [0.3, 0.4) is 0 Å². The highest BCUT2D eigenvalue weighted by molar-refractivity contribution is 6.31. The monoisotopic (exact) mass is 296 g/mol. The number of carbonyl (C=O) groups excluding carboxylic acids is 1. The van der Waals surface area contributed by atoms with Crippen molar-refractivity contribution in [3.05, 3.63) is 34.9 Å². The third-order valence-electron chi connectivity index (χ3n) is 3.66. The summed E-state index contributed by atoms with van der Waals surface area (Å²) in [6.45, 7) is 1.75. The Hall–Kier alpha value is -1.10. The van der Waals surface area contributed by atoms with Crippen molar-refractivity contribution in [2.24, 2.45) is 5.73 Å². The maximum absolute atomic E-state index is 12.2. The van der Waals surface area contributed by atoms with E-state index in [-0.39, 0.29) is 18.6 Å². The predicted molar refractivity (Wildman–Crippen MR) is 79.5 cm³/mol. The molecule has 0 saturated carbocycles. The molecule has 1 fully saturated rings. The zero-order valence-electron chi connectivity index (χ0n) is 11.6. The third kappa shape index (κ3) is 3.95. The van der Waals surface area contributed by atoms with Crippen molar-refractivity contribution in [2.45, 2.75) is 31.9 Å². The Morgan fingerprint density at radius 3 is 2.95 bits per heavy atom. The minimum atomic E-state index is 0.0206. The first-order valence-electron chi connectivity index (χ1n) is 7.03. The molecule has 1 aromatic carbocycles. The summed E-state index contributed by atoms with van der Waals surface area (Å²) in [4.78, 5) is 14.0. The Kier molecular flexibility index (Phi) is 5.83. The molecule has 0 radical (unpaired) electrons. The van der Waals surface area contributed by atoms with Gasteiger partial charge in [0.25, 0.3) is 0 Å². The van der Waals surface area contributed by atoms with Gasteiger partial charge in [-0.25, -0.2) is 0 Å². The van der Waals surface area contributed by atoms with Crippen molar-refractivity contribution < 1.29 is 9.53 Å². The van der Waals surface area contributed by atoms with Crippen LogP contribution in [0.4, 0.5) is 0 Å². The van der Waals surface area contributed by atoms with E-state index in [0.717, 1.165) is 31.4 Å². The van der Waals surface area contributed by atoms with E-state index in [0.29, 0.717) is 18.2 Å². The van der Waals surface area contributed by atoms with Gasteiger partial charge in [-0.1, -0.05) is 29.8 Å². The molecule has 0 aliphatic carbocycles. The number of halogens is 1. The molecule has 0 bridgehead atoms. The van der Waals surface area contributed by atoms with E-state index in [9.17, 15) is 4.79 Å². The normalized spacial score (nSPS) is 19.1. The summed E-state index contributed by atoms with van der Waals surface area (Å²) in [5, 5.41) is 0.665. The lowest BCUT2D eigenvalue weighted by molar-refractivity contribution is -0.140. The van der Waals surface area contributed by atoms with Crippen molar-refractivity contribution >= 4 is 17.5 Å². The zero-order valence-corrected chi connectivity index (χ0v) is 12.3. The van der Waals surface area contributed by atoms with E-state index in [4.69, 9.17) is 22.1 Å². The van der Waals surface area contributed by atoms with Crippen molar-refractivity contribution in [1.29, 1.82) is 0 Å². The van der Waals surface area contributed by atoms with Crippen LogP contribution in [-0.2, 0) is 16.1 Å². The number of amides is 1. The molecular weight excluding hydrogens is 276 g/mol. The minimum absolute atomic E-state index is 0.0206. The van der Waals surface area contributed by atoms with Crippen LogP contribution >= 0.6 is 11.6 Å². The average Bonchev–Trinajstić information content (AvgIpc) is 2.49. The van der Waals surface area contributed by atoms with Gasteiger partial charge in [0.15, 0.2) is 0 Å². The summed E-state index contributed by atoms with van der Waals surface area (Å²) in [6, 6.07) is 7.66. The summed E-state index contributed by atoms with van der Waals surface area (Å²) in [5.41, 5.74) is 6.62. The summed E-state index contributed by atoms with van der Waals surface area (Å²) in [5.74, 6) is 0.0206. The highest BCUT2D eigenvalue weighted by Gasteiger charge is 2.25. The number of piperidine rings is 1. The number of carbonyl (C=O) groups is 1. The summed E-state index contributed by atoms with van der Waals surface area (Å²) in [6.07, 6.45) is 3.19. The lowest BCUT2D eigenvalue weighted by Gasteiger charge is -2.35. The highest BCUT2D eigenvalue weighted by Crippen LogP contribution is 2.18. The van der Waals surface area contributed by atoms with E-state index in [1.165, 1.54) is 0 Å². The smallest absolute Gasteiger partial charge is 0.248 e. The average molecular weight is 297 g/mol. The lowest BCUT2D eigenvalue weighted by Crippen LogP contribution is -2.48. The second-order valence-corrected chi connectivity index (χ2v) is 5.46. The van der Waals surface area contributed by atoms with Crippen LogP contribution in [0.15, 0.2) is 24.3 Å². The fourth-order valence-corrected chi connectivity index (χ4v) is 2.71. The first-order valence-corrected chi connectivity index (χ1v) is 7.41. The number of rotatable bonds is 5. The van der Waals surface area contributed by atoms with Crippen LogP contribution in [0.5, 0.6) is 0 Å². The van der Waals surface area contributed by atoms with E-state index in [1.807, 2.05) is 29.2 Å². The van der Waals surface area contributed by atoms with Crippen molar-refractivity contribution in [3.8, 4) is 0 Å². The molecule has 2 N–H and O–H groups in total. The summed E-state index contributed by atoms with van der Waals surface area (Å²) >= 11 is 6.04. The van der Waals surface area contributed by atoms with Crippen molar-refractivity contribution in [1.82, 2.24) is 4.90 Å². The van der Waals surface area contributed by atoms with Crippen LogP contribution in [0.25, 0.3) is 0 Å².